The zero-order chi connectivity index (χ0) is 31.1. The highest BCUT2D eigenvalue weighted by Crippen LogP contribution is 2.12. The smallest absolute Gasteiger partial charge is 0.411 e. The largest absolute Gasteiger partial charge is 0.465 e. The second-order valence-electron chi connectivity index (χ2n) is 10.9. The molecule has 2 aromatic carbocycles. The molecule has 0 heterocycles. The van der Waals surface area contributed by atoms with Crippen LogP contribution in [-0.2, 0) is 22.4 Å². The number of imide groups is 2. The van der Waals surface area contributed by atoms with Gasteiger partial charge in [0.1, 0.15) is 0 Å². The van der Waals surface area contributed by atoms with E-state index in [0.29, 0.717) is 25.9 Å². The first-order chi connectivity index (χ1) is 20.8. The van der Waals surface area contributed by atoms with E-state index >= 15 is 0 Å². The van der Waals surface area contributed by atoms with Crippen molar-refractivity contribution in [2.45, 2.75) is 95.6 Å². The minimum absolute atomic E-state index is 0.440. The van der Waals surface area contributed by atoms with Crippen molar-refractivity contribution in [2.24, 2.45) is 0 Å². The van der Waals surface area contributed by atoms with E-state index in [1.165, 1.54) is 32.1 Å². The van der Waals surface area contributed by atoms with Crippen molar-refractivity contribution in [3.63, 3.8) is 0 Å². The van der Waals surface area contributed by atoms with Crippen molar-refractivity contribution in [1.82, 2.24) is 21.3 Å². The molecular formula is C33H48N4O6. The Bertz CT molecular complexity index is 998. The van der Waals surface area contributed by atoms with Gasteiger partial charge in [0.2, 0.25) is 11.8 Å². The molecule has 0 saturated carbocycles. The van der Waals surface area contributed by atoms with Crippen LogP contribution in [0.2, 0.25) is 0 Å². The van der Waals surface area contributed by atoms with Crippen molar-refractivity contribution >= 4 is 24.0 Å². The molecule has 2 rings (SSSR count). The summed E-state index contributed by atoms with van der Waals surface area (Å²) in [5, 5.41) is 28.2. The van der Waals surface area contributed by atoms with Crippen molar-refractivity contribution in [3.05, 3.63) is 71.8 Å². The maximum Gasteiger partial charge on any atom is 0.411 e. The Morgan fingerprint density at radius 1 is 0.488 bits per heavy atom. The van der Waals surface area contributed by atoms with Gasteiger partial charge < -0.3 is 20.8 Å². The molecule has 0 aromatic heterocycles. The fraction of sp³-hybridized carbons (Fsp3) is 0.515. The maximum atomic E-state index is 12.3. The molecule has 0 spiro atoms. The molecule has 4 amide bonds. The Labute approximate surface area is 255 Å². The Hall–Kier alpha value is -3.76. The van der Waals surface area contributed by atoms with Crippen molar-refractivity contribution < 1.29 is 29.4 Å². The Balaban J connectivity index is 1.48. The molecule has 2 unspecified atom stereocenters. The summed E-state index contributed by atoms with van der Waals surface area (Å²) < 4.78 is 0. The molecule has 0 aliphatic carbocycles. The summed E-state index contributed by atoms with van der Waals surface area (Å²) in [4.78, 5) is 46.4. The SMILES string of the molecule is O=C(O)NC(=O)C(Cc1ccccc1)NCCCCCCCCCCCCCNC(Cc1ccccc1)C(=O)NC(=O)O. The lowest BCUT2D eigenvalue weighted by molar-refractivity contribution is -0.123. The average Bonchev–Trinajstić information content (AvgIpc) is 2.98. The summed E-state index contributed by atoms with van der Waals surface area (Å²) in [7, 11) is 0. The molecule has 2 aromatic rings. The van der Waals surface area contributed by atoms with E-state index in [0.717, 1.165) is 49.7 Å². The lowest BCUT2D eigenvalue weighted by Gasteiger charge is -2.17. The van der Waals surface area contributed by atoms with Crippen LogP contribution in [0, 0.1) is 0 Å². The average molecular weight is 597 g/mol. The highest BCUT2D eigenvalue weighted by molar-refractivity contribution is 5.94. The second kappa shape index (κ2) is 21.9. The fourth-order valence-electron chi connectivity index (χ4n) is 4.99. The molecule has 0 aliphatic heterocycles. The van der Waals surface area contributed by atoms with E-state index in [-0.39, 0.29) is 0 Å². The van der Waals surface area contributed by atoms with Gasteiger partial charge in [-0.25, -0.2) is 9.59 Å². The highest BCUT2D eigenvalue weighted by atomic mass is 16.4. The first-order valence-electron chi connectivity index (χ1n) is 15.5. The van der Waals surface area contributed by atoms with Crippen LogP contribution >= 0.6 is 0 Å². The van der Waals surface area contributed by atoms with E-state index in [1.54, 1.807) is 0 Å². The fourth-order valence-corrected chi connectivity index (χ4v) is 4.99. The first kappa shape index (κ1) is 35.4. The van der Waals surface area contributed by atoms with Crippen LogP contribution < -0.4 is 21.3 Å². The monoisotopic (exact) mass is 596 g/mol. The molecule has 0 aliphatic rings. The number of unbranched alkanes of at least 4 members (excludes halogenated alkanes) is 10. The topological polar surface area (TPSA) is 157 Å². The number of amides is 4. The van der Waals surface area contributed by atoms with Crippen LogP contribution in [-0.4, -0.2) is 59.4 Å². The number of benzene rings is 2. The summed E-state index contributed by atoms with van der Waals surface area (Å²) in [5.74, 6) is -1.05. The normalized spacial score (nSPS) is 12.3. The van der Waals surface area contributed by atoms with Gasteiger partial charge in [0.15, 0.2) is 0 Å². The molecule has 10 nitrogen and oxygen atoms in total. The standard InChI is InChI=1S/C33H48N4O6/c38-30(36-32(40)41)28(24-26-18-12-10-13-19-26)34-22-16-8-6-4-2-1-3-5-7-9-17-23-35-29(31(39)37-33(42)43)25-27-20-14-11-15-21-27/h10-15,18-21,28-29,34-35H,1-9,16-17,22-25H2,(H,36,38)(H,37,39)(H,40,41)(H,42,43). The summed E-state index contributed by atoms with van der Waals surface area (Å²) >= 11 is 0. The number of hydrogen-bond acceptors (Lipinski definition) is 6. The first-order valence-corrected chi connectivity index (χ1v) is 15.5. The van der Waals surface area contributed by atoms with Gasteiger partial charge in [-0.1, -0.05) is 118 Å². The third-order valence-corrected chi connectivity index (χ3v) is 7.29. The number of carbonyl (C=O) groups is 4. The predicted molar refractivity (Wildman–Crippen MR) is 167 cm³/mol. The third-order valence-electron chi connectivity index (χ3n) is 7.29. The Morgan fingerprint density at radius 3 is 1.09 bits per heavy atom. The van der Waals surface area contributed by atoms with Gasteiger partial charge in [-0.3, -0.25) is 20.2 Å². The van der Waals surface area contributed by atoms with Gasteiger partial charge in [-0.05, 0) is 49.9 Å². The molecule has 6 N–H and O–H groups in total. The molecule has 0 saturated heterocycles. The second-order valence-corrected chi connectivity index (χ2v) is 10.9. The number of carbonyl (C=O) groups excluding carboxylic acids is 2. The Kier molecular flexibility index (Phi) is 18.0. The van der Waals surface area contributed by atoms with Gasteiger partial charge in [0.05, 0.1) is 12.1 Å². The van der Waals surface area contributed by atoms with Crippen LogP contribution in [0.15, 0.2) is 60.7 Å². The van der Waals surface area contributed by atoms with Crippen LogP contribution in [0.25, 0.3) is 0 Å². The quantitative estimate of drug-likeness (QED) is 0.100. The lowest BCUT2D eigenvalue weighted by atomic mass is 10.0. The van der Waals surface area contributed by atoms with Gasteiger partial charge in [-0.15, -0.1) is 0 Å². The van der Waals surface area contributed by atoms with Crippen LogP contribution in [0.3, 0.4) is 0 Å². The maximum absolute atomic E-state index is 12.3. The number of hydrogen-bond donors (Lipinski definition) is 6. The molecule has 43 heavy (non-hydrogen) atoms. The summed E-state index contributed by atoms with van der Waals surface area (Å²) in [6.07, 6.45) is 10.4. The number of carboxylic acid groups (broad SMARTS) is 2. The zero-order valence-electron chi connectivity index (χ0n) is 25.1. The van der Waals surface area contributed by atoms with Crippen molar-refractivity contribution in [3.8, 4) is 0 Å². The summed E-state index contributed by atoms with van der Waals surface area (Å²) in [5.41, 5.74) is 1.96. The predicted octanol–water partition coefficient (Wildman–Crippen LogP) is 5.27. The molecule has 0 fully saturated rings. The van der Waals surface area contributed by atoms with E-state index < -0.39 is 36.1 Å². The lowest BCUT2D eigenvalue weighted by Crippen LogP contribution is -2.47. The summed E-state index contributed by atoms with van der Waals surface area (Å²) in [6, 6.07) is 18.0. The van der Waals surface area contributed by atoms with Crippen LogP contribution in [0.5, 0.6) is 0 Å². The molecule has 236 valence electrons. The molecular weight excluding hydrogens is 548 g/mol. The highest BCUT2D eigenvalue weighted by Gasteiger charge is 2.21. The van der Waals surface area contributed by atoms with Gasteiger partial charge in [0.25, 0.3) is 0 Å². The van der Waals surface area contributed by atoms with Gasteiger partial charge in [-0.2, -0.15) is 0 Å². The van der Waals surface area contributed by atoms with E-state index in [4.69, 9.17) is 10.2 Å². The van der Waals surface area contributed by atoms with Crippen LogP contribution in [0.4, 0.5) is 9.59 Å². The molecule has 10 heteroatoms. The third kappa shape index (κ3) is 17.1. The number of rotatable bonds is 22. The van der Waals surface area contributed by atoms with Crippen LogP contribution in [0.1, 0.15) is 81.8 Å². The number of nitrogens with one attached hydrogen (secondary N) is 4. The van der Waals surface area contributed by atoms with Crippen molar-refractivity contribution in [1.29, 1.82) is 0 Å². The van der Waals surface area contributed by atoms with Gasteiger partial charge in [0, 0.05) is 0 Å². The Morgan fingerprint density at radius 2 is 0.791 bits per heavy atom. The van der Waals surface area contributed by atoms with Gasteiger partial charge >= 0.3 is 12.2 Å². The van der Waals surface area contributed by atoms with E-state index in [1.807, 2.05) is 71.3 Å². The van der Waals surface area contributed by atoms with Crippen molar-refractivity contribution in [2.75, 3.05) is 13.1 Å². The molecule has 0 bridgehead atoms. The minimum Gasteiger partial charge on any atom is -0.465 e. The summed E-state index contributed by atoms with van der Waals surface area (Å²) in [6.45, 7) is 1.33. The molecule has 2 atom stereocenters. The molecule has 0 radical (unpaired) electrons. The van der Waals surface area contributed by atoms with E-state index in [9.17, 15) is 19.2 Å². The zero-order valence-corrected chi connectivity index (χ0v) is 25.1. The van der Waals surface area contributed by atoms with E-state index in [2.05, 4.69) is 10.6 Å². The minimum atomic E-state index is -1.34.